The number of azide groups is 1. The molecule has 1 heterocycles. The summed E-state index contributed by atoms with van der Waals surface area (Å²) in [5.74, 6) is 0.823. The van der Waals surface area contributed by atoms with Crippen molar-refractivity contribution < 1.29 is 19.4 Å². The molecule has 0 saturated heterocycles. The first kappa shape index (κ1) is 22.1. The van der Waals surface area contributed by atoms with Crippen molar-refractivity contribution >= 4 is 11.8 Å². The Morgan fingerprint density at radius 1 is 1.29 bits per heavy atom. The molecule has 9 heteroatoms. The third-order valence-electron chi connectivity index (χ3n) is 4.99. The number of ether oxygens (including phenoxy) is 2. The maximum atomic E-state index is 12.8. The van der Waals surface area contributed by atoms with Crippen molar-refractivity contribution in [1.29, 1.82) is 0 Å². The number of carbonyl (C=O) groups excluding carboxylic acids is 1. The molecule has 0 fully saturated rings. The van der Waals surface area contributed by atoms with Crippen LogP contribution in [0, 0.1) is 0 Å². The van der Waals surface area contributed by atoms with E-state index in [0.29, 0.717) is 31.1 Å². The Balaban J connectivity index is 1.85. The molecule has 0 aliphatic carbocycles. The van der Waals surface area contributed by atoms with Gasteiger partial charge in [0.05, 0.1) is 13.2 Å². The summed E-state index contributed by atoms with van der Waals surface area (Å²) < 4.78 is 11.4. The number of benzene rings is 2. The van der Waals surface area contributed by atoms with Crippen LogP contribution in [0.4, 0.5) is 0 Å². The summed E-state index contributed by atoms with van der Waals surface area (Å²) in [5.41, 5.74) is 9.99. The third-order valence-corrected chi connectivity index (χ3v) is 4.99. The smallest absolute Gasteiger partial charge is 0.251 e. The normalized spacial score (nSPS) is 17.3. The number of nitrogens with zero attached hydrogens (tertiary/aromatic N) is 4. The van der Waals surface area contributed by atoms with Gasteiger partial charge in [-0.3, -0.25) is 4.79 Å². The molecule has 0 aromatic heterocycles. The number of carbonyl (C=O) groups is 1. The molecule has 0 spiro atoms. The predicted octanol–water partition coefficient (Wildman–Crippen LogP) is 2.76. The molecule has 2 aromatic rings. The van der Waals surface area contributed by atoms with Gasteiger partial charge in [0, 0.05) is 37.0 Å². The molecule has 1 amide bonds. The van der Waals surface area contributed by atoms with Gasteiger partial charge in [-0.1, -0.05) is 29.4 Å². The number of rotatable bonds is 10. The van der Waals surface area contributed by atoms with Gasteiger partial charge in [-0.05, 0) is 40.9 Å². The molecular formula is C22H25N5O4. The van der Waals surface area contributed by atoms with Gasteiger partial charge >= 0.3 is 0 Å². The molecule has 2 aromatic carbocycles. The number of aliphatic hydroxyl groups is 1. The van der Waals surface area contributed by atoms with Crippen LogP contribution in [-0.2, 0) is 22.5 Å². The van der Waals surface area contributed by atoms with Crippen molar-refractivity contribution in [2.45, 2.75) is 24.9 Å². The number of hydrogen-bond acceptors (Lipinski definition) is 6. The molecule has 31 heavy (non-hydrogen) atoms. The molecule has 2 N–H and O–H groups in total. The largest absolute Gasteiger partial charge is 0.494 e. The zero-order valence-corrected chi connectivity index (χ0v) is 17.3. The third kappa shape index (κ3) is 5.33. The topological polar surface area (TPSA) is 129 Å². The fourth-order valence-electron chi connectivity index (χ4n) is 3.37. The van der Waals surface area contributed by atoms with Gasteiger partial charge in [-0.25, -0.2) is 4.99 Å². The number of hydrogen-bond donors (Lipinski definition) is 2. The minimum atomic E-state index is -1.12. The van der Waals surface area contributed by atoms with Gasteiger partial charge in [-0.2, -0.15) is 0 Å². The van der Waals surface area contributed by atoms with Crippen LogP contribution in [-0.4, -0.2) is 49.3 Å². The number of aliphatic imine (C=N–C) groups is 1. The highest BCUT2D eigenvalue weighted by Crippen LogP contribution is 2.29. The van der Waals surface area contributed by atoms with E-state index >= 15 is 0 Å². The Kier molecular flexibility index (Phi) is 7.48. The summed E-state index contributed by atoms with van der Waals surface area (Å²) in [6.07, 6.45) is 0.878. The second kappa shape index (κ2) is 10.5. The van der Waals surface area contributed by atoms with Gasteiger partial charge in [0.1, 0.15) is 12.4 Å². The van der Waals surface area contributed by atoms with Gasteiger partial charge in [0.25, 0.3) is 5.91 Å². The molecule has 9 nitrogen and oxygen atoms in total. The lowest BCUT2D eigenvalue weighted by Crippen LogP contribution is -2.47. The van der Waals surface area contributed by atoms with Crippen LogP contribution in [0.3, 0.4) is 0 Å². The zero-order valence-electron chi connectivity index (χ0n) is 17.3. The Morgan fingerprint density at radius 2 is 2.03 bits per heavy atom. The highest BCUT2D eigenvalue weighted by Gasteiger charge is 2.44. The molecule has 1 aliphatic rings. The van der Waals surface area contributed by atoms with Crippen molar-refractivity contribution in [1.82, 2.24) is 5.32 Å². The number of amides is 1. The number of aliphatic hydroxyl groups excluding tert-OH is 1. The molecule has 0 unspecified atom stereocenters. The average Bonchev–Trinajstić information content (AvgIpc) is 3.24. The average molecular weight is 423 g/mol. The van der Waals surface area contributed by atoms with E-state index in [1.54, 1.807) is 19.2 Å². The van der Waals surface area contributed by atoms with Crippen molar-refractivity contribution in [3.05, 3.63) is 75.7 Å². The fraction of sp³-hybridized carbons (Fsp3) is 0.364. The minimum Gasteiger partial charge on any atom is -0.494 e. The first-order chi connectivity index (χ1) is 15.1. The molecule has 3 rings (SSSR count). The first-order valence-corrected chi connectivity index (χ1v) is 9.98. The second-order valence-electron chi connectivity index (χ2n) is 7.10. The maximum Gasteiger partial charge on any atom is 0.251 e. The second-order valence-corrected chi connectivity index (χ2v) is 7.10. The van der Waals surface area contributed by atoms with Crippen LogP contribution in [0.5, 0.6) is 5.75 Å². The Hall–Kier alpha value is -3.55. The van der Waals surface area contributed by atoms with E-state index in [0.717, 1.165) is 16.7 Å². The first-order valence-electron chi connectivity index (χ1n) is 9.98. The van der Waals surface area contributed by atoms with Crippen molar-refractivity contribution in [3.8, 4) is 5.75 Å². The lowest BCUT2D eigenvalue weighted by Gasteiger charge is -2.23. The van der Waals surface area contributed by atoms with Crippen LogP contribution >= 0.6 is 0 Å². The molecular weight excluding hydrogens is 398 g/mol. The molecule has 1 atom stereocenters. The number of nitrogens with one attached hydrogen (secondary N) is 1. The zero-order chi connectivity index (χ0) is 22.1. The summed E-state index contributed by atoms with van der Waals surface area (Å²) in [7, 11) is 1.57. The van der Waals surface area contributed by atoms with E-state index < -0.39 is 5.54 Å². The summed E-state index contributed by atoms with van der Waals surface area (Å²) in [5, 5.41) is 15.2. The summed E-state index contributed by atoms with van der Waals surface area (Å²) in [6, 6.07) is 14.8. The molecule has 0 bridgehead atoms. The van der Waals surface area contributed by atoms with Crippen molar-refractivity contribution in [2.24, 2.45) is 10.1 Å². The SMILES string of the molecule is CNC(=O)[C@@]1(Cc2ccccc2CN=[N+]=[N-])COC(c2ccc(OCCCO)cc2)=N1. The predicted molar refractivity (Wildman–Crippen MR) is 116 cm³/mol. The van der Waals surface area contributed by atoms with Crippen LogP contribution < -0.4 is 10.1 Å². The van der Waals surface area contributed by atoms with E-state index in [9.17, 15) is 4.79 Å². The standard InChI is InChI=1S/C22H25N5O4/c1-24-21(29)22(13-17-5-2-3-6-18(17)14-25-27-23)15-31-20(26-22)16-7-9-19(10-8-16)30-12-4-11-28/h2-3,5-10,28H,4,11-15H2,1H3,(H,24,29)/t22-/m1/s1. The lowest BCUT2D eigenvalue weighted by molar-refractivity contribution is -0.126. The maximum absolute atomic E-state index is 12.8. The quantitative estimate of drug-likeness (QED) is 0.263. The van der Waals surface area contributed by atoms with Crippen molar-refractivity contribution in [2.75, 3.05) is 26.9 Å². The van der Waals surface area contributed by atoms with Gasteiger partial charge in [0.15, 0.2) is 5.54 Å². The fourth-order valence-corrected chi connectivity index (χ4v) is 3.37. The highest BCUT2D eigenvalue weighted by atomic mass is 16.5. The molecule has 162 valence electrons. The van der Waals surface area contributed by atoms with E-state index in [2.05, 4.69) is 20.3 Å². The highest BCUT2D eigenvalue weighted by molar-refractivity contribution is 6.00. The molecule has 0 radical (unpaired) electrons. The van der Waals surface area contributed by atoms with Crippen LogP contribution in [0.25, 0.3) is 10.4 Å². The summed E-state index contributed by atoms with van der Waals surface area (Å²) >= 11 is 0. The minimum absolute atomic E-state index is 0.0797. The summed E-state index contributed by atoms with van der Waals surface area (Å²) in [6.45, 7) is 0.816. The van der Waals surface area contributed by atoms with Crippen LogP contribution in [0.2, 0.25) is 0 Å². The van der Waals surface area contributed by atoms with Crippen LogP contribution in [0.1, 0.15) is 23.1 Å². The summed E-state index contributed by atoms with van der Waals surface area (Å²) in [4.78, 5) is 20.3. The van der Waals surface area contributed by atoms with E-state index in [4.69, 9.17) is 20.1 Å². The van der Waals surface area contributed by atoms with Crippen molar-refractivity contribution in [3.63, 3.8) is 0 Å². The molecule has 0 saturated carbocycles. The lowest BCUT2D eigenvalue weighted by atomic mass is 9.89. The van der Waals surface area contributed by atoms with Gasteiger partial charge in [-0.15, -0.1) is 0 Å². The van der Waals surface area contributed by atoms with Gasteiger partial charge in [0.2, 0.25) is 5.90 Å². The molecule has 1 aliphatic heterocycles. The van der Waals surface area contributed by atoms with Gasteiger partial charge < -0.3 is 19.9 Å². The number of likely N-dealkylation sites (N-methyl/N-ethyl adjacent to an activating group) is 1. The Bertz CT molecular complexity index is 986. The monoisotopic (exact) mass is 423 g/mol. The Labute approximate surface area is 180 Å². The van der Waals surface area contributed by atoms with E-state index in [1.807, 2.05) is 36.4 Å². The van der Waals surface area contributed by atoms with Crippen LogP contribution in [0.15, 0.2) is 58.6 Å². The van der Waals surface area contributed by atoms with E-state index in [-0.39, 0.29) is 25.7 Å². The Morgan fingerprint density at radius 3 is 2.71 bits per heavy atom. The van der Waals surface area contributed by atoms with E-state index in [1.165, 1.54) is 0 Å².